The number of carbonyl (C=O) groups excluding carboxylic acids is 1. The molecule has 0 saturated heterocycles. The van der Waals surface area contributed by atoms with E-state index in [1.54, 1.807) is 0 Å². The Balaban J connectivity index is 3.35. The molecule has 0 aliphatic carbocycles. The fourth-order valence-electron chi connectivity index (χ4n) is 0.0870. The summed E-state index contributed by atoms with van der Waals surface area (Å²) in [6.45, 7) is 3.70. The van der Waals surface area contributed by atoms with Gasteiger partial charge < -0.3 is 0 Å². The second-order valence-electron chi connectivity index (χ2n) is 1.59. The Morgan fingerprint density at radius 3 is 2.14 bits per heavy atom. The molecule has 0 saturated carbocycles. The third-order valence-electron chi connectivity index (χ3n) is 0.599. The van der Waals surface area contributed by atoms with Crippen LogP contribution >= 0.6 is 0 Å². The molecule has 0 aromatic rings. The van der Waals surface area contributed by atoms with E-state index < -0.39 is 0 Å². The average Bonchev–Trinajstić information content (AvgIpc) is 1.65. The van der Waals surface area contributed by atoms with Gasteiger partial charge in [-0.05, 0) is 0 Å². The first-order valence-electron chi connectivity index (χ1n) is 2.05. The first-order valence-corrected chi connectivity index (χ1v) is 3.02. The van der Waals surface area contributed by atoms with Gasteiger partial charge in [-0.2, -0.15) is 0 Å². The van der Waals surface area contributed by atoms with Gasteiger partial charge in [-0.25, -0.2) is 0 Å². The van der Waals surface area contributed by atoms with Crippen LogP contribution in [0.1, 0.15) is 13.8 Å². The second-order valence-corrected chi connectivity index (χ2v) is 2.08. The van der Waals surface area contributed by atoms with Gasteiger partial charge in [-0.1, -0.05) is 0 Å². The first-order chi connectivity index (χ1) is 3.18. The van der Waals surface area contributed by atoms with Crippen LogP contribution in [0.5, 0.6) is 0 Å². The Hall–Kier alpha value is 0.730. The van der Waals surface area contributed by atoms with Gasteiger partial charge in [-0.3, -0.25) is 0 Å². The maximum absolute atomic E-state index is 10.4. The third-order valence-corrected chi connectivity index (χ3v) is 1.08. The fraction of sp³-hybridized carbons (Fsp3) is 0.750. The van der Waals surface area contributed by atoms with Crippen molar-refractivity contribution in [1.82, 2.24) is 1.80 Å². The SMILES string of the molecule is CC(C)C(=O)[NH][Ho]. The number of carbonyl (C=O) groups is 1. The van der Waals surface area contributed by atoms with E-state index in [4.69, 9.17) is 0 Å². The molecule has 0 aromatic carbocycles. The molecule has 2 nitrogen and oxygen atoms in total. The van der Waals surface area contributed by atoms with Crippen LogP contribution in [0.3, 0.4) is 0 Å². The van der Waals surface area contributed by atoms with Gasteiger partial charge in [-0.15, -0.1) is 0 Å². The van der Waals surface area contributed by atoms with E-state index in [1.165, 1.54) is 0 Å². The summed E-state index contributed by atoms with van der Waals surface area (Å²) >= 11 is 1.99. The molecule has 0 rings (SSSR count). The molecule has 0 unspecified atom stereocenters. The zero-order valence-corrected chi connectivity index (χ0v) is 6.22. The summed E-state index contributed by atoms with van der Waals surface area (Å²) in [5.41, 5.74) is 0. The van der Waals surface area contributed by atoms with E-state index in [0.29, 0.717) is 0 Å². The molecule has 1 amide bonds. The molecule has 1 N–H and O–H groups in total. The number of nitrogens with one attached hydrogen (secondary N) is 1. The summed E-state index contributed by atoms with van der Waals surface area (Å²) in [5, 5.41) is 0. The number of amides is 1. The quantitative estimate of drug-likeness (QED) is 0.664. The van der Waals surface area contributed by atoms with Gasteiger partial charge in [0.05, 0.1) is 0 Å². The predicted octanol–water partition coefficient (Wildman–Crippen LogP) is 0.223. The van der Waals surface area contributed by atoms with Gasteiger partial charge in [0.25, 0.3) is 0 Å². The summed E-state index contributed by atoms with van der Waals surface area (Å²) in [6.07, 6.45) is 0. The molecule has 0 aliphatic heterocycles. The topological polar surface area (TPSA) is 29.1 Å². The fourth-order valence-corrected chi connectivity index (χ4v) is 0.645. The second kappa shape index (κ2) is 3.70. The maximum atomic E-state index is 10.4. The van der Waals surface area contributed by atoms with E-state index in [9.17, 15) is 4.79 Å². The van der Waals surface area contributed by atoms with E-state index in [-0.39, 0.29) is 11.8 Å². The molecule has 0 spiro atoms. The van der Waals surface area contributed by atoms with Gasteiger partial charge in [0.1, 0.15) is 0 Å². The van der Waals surface area contributed by atoms with E-state index in [1.807, 2.05) is 50.0 Å². The number of hydrogen-bond acceptors (Lipinski definition) is 1. The average molecular weight is 251 g/mol. The van der Waals surface area contributed by atoms with Crippen LogP contribution in [0.25, 0.3) is 0 Å². The molecule has 0 heterocycles. The van der Waals surface area contributed by atoms with E-state index >= 15 is 0 Å². The van der Waals surface area contributed by atoms with Gasteiger partial charge >= 0.3 is 68.4 Å². The Labute approximate surface area is 67.9 Å². The van der Waals surface area contributed by atoms with Crippen LogP contribution in [0, 0.1) is 42.1 Å². The minimum atomic E-state index is 0.0725. The van der Waals surface area contributed by atoms with Crippen LogP contribution < -0.4 is 1.80 Å². The van der Waals surface area contributed by atoms with Crippen LogP contribution in [0.2, 0.25) is 0 Å². The molecule has 7 heavy (non-hydrogen) atoms. The molecule has 0 bridgehead atoms. The first kappa shape index (κ1) is 7.73. The van der Waals surface area contributed by atoms with E-state index in [0.717, 1.165) is 0 Å². The van der Waals surface area contributed by atoms with Gasteiger partial charge in [0.15, 0.2) is 0 Å². The van der Waals surface area contributed by atoms with Crippen molar-refractivity contribution in [3.8, 4) is 0 Å². The van der Waals surface area contributed by atoms with Crippen molar-refractivity contribution in [3.63, 3.8) is 0 Å². The van der Waals surface area contributed by atoms with Gasteiger partial charge in [0, 0.05) is 0 Å². The van der Waals surface area contributed by atoms with Gasteiger partial charge in [0.2, 0.25) is 0 Å². The molecular weight excluding hydrogens is 243 g/mol. The molecule has 3 heteroatoms. The standard InChI is InChI=1S/C4H9NO.Ho/c1-3(2)4(5)6;/h3H,1-2H3,(H2,5,6);/q;+1/p-1. The Kier molecular flexibility index (Phi) is 4.08. The molecule has 0 aromatic heterocycles. The van der Waals surface area contributed by atoms with Crippen LogP contribution in [-0.2, 0) is 4.79 Å². The summed E-state index contributed by atoms with van der Waals surface area (Å²) in [6, 6.07) is 0. The summed E-state index contributed by atoms with van der Waals surface area (Å²) in [7, 11) is 0. The molecule has 0 fully saturated rings. The van der Waals surface area contributed by atoms with Crippen molar-refractivity contribution in [1.29, 1.82) is 0 Å². The van der Waals surface area contributed by atoms with Crippen molar-refractivity contribution in [2.24, 2.45) is 5.92 Å². The Morgan fingerprint density at radius 2 is 2.14 bits per heavy atom. The predicted molar refractivity (Wildman–Crippen MR) is 23.0 cm³/mol. The Morgan fingerprint density at radius 1 is 1.71 bits per heavy atom. The molecule has 0 atom stereocenters. The van der Waals surface area contributed by atoms with Crippen molar-refractivity contribution in [2.75, 3.05) is 0 Å². The third kappa shape index (κ3) is 3.32. The van der Waals surface area contributed by atoms with Crippen molar-refractivity contribution < 1.29 is 41.0 Å². The van der Waals surface area contributed by atoms with Crippen molar-refractivity contribution >= 4 is 5.91 Å². The van der Waals surface area contributed by atoms with Crippen molar-refractivity contribution in [3.05, 3.63) is 0 Å². The molecular formula is C4H8HoNO. The normalized spacial score (nSPS) is 9.29. The number of rotatable bonds is 1. The minimum absolute atomic E-state index is 0.0725. The summed E-state index contributed by atoms with van der Waals surface area (Å²) < 4.78 is 2.47. The van der Waals surface area contributed by atoms with Crippen molar-refractivity contribution in [2.45, 2.75) is 13.8 Å². The zero-order chi connectivity index (χ0) is 5.86. The molecule has 0 aliphatic rings. The summed E-state index contributed by atoms with van der Waals surface area (Å²) in [4.78, 5) is 10.4. The zero-order valence-electron chi connectivity index (χ0n) is 4.29. The Bertz CT molecular complexity index is 72.1. The monoisotopic (exact) mass is 251 g/mol. The number of hydrogen-bond donors (Lipinski definition) is 1. The molecule has 46 valence electrons. The van der Waals surface area contributed by atoms with Crippen LogP contribution in [0.4, 0.5) is 0 Å². The molecule has 0 radical (unpaired) electrons. The summed E-state index contributed by atoms with van der Waals surface area (Å²) in [5.74, 6) is 0.174. The van der Waals surface area contributed by atoms with E-state index in [2.05, 4.69) is 1.80 Å². The van der Waals surface area contributed by atoms with Crippen LogP contribution in [0.15, 0.2) is 0 Å². The van der Waals surface area contributed by atoms with Crippen LogP contribution in [-0.4, -0.2) is 5.91 Å².